The summed E-state index contributed by atoms with van der Waals surface area (Å²) in [6.07, 6.45) is 1.58. The van der Waals surface area contributed by atoms with Crippen LogP contribution < -0.4 is 5.32 Å². The van der Waals surface area contributed by atoms with Crippen LogP contribution in [0.2, 0.25) is 0 Å². The van der Waals surface area contributed by atoms with Gasteiger partial charge in [0.25, 0.3) is 5.91 Å². The van der Waals surface area contributed by atoms with Gasteiger partial charge >= 0.3 is 0 Å². The molecule has 2 heterocycles. The van der Waals surface area contributed by atoms with Gasteiger partial charge in [0, 0.05) is 38.9 Å². The number of halogens is 1. The van der Waals surface area contributed by atoms with E-state index in [0.717, 1.165) is 5.56 Å². The summed E-state index contributed by atoms with van der Waals surface area (Å²) in [4.78, 5) is 28.7. The monoisotopic (exact) mass is 421 g/mol. The molecule has 8 heteroatoms. The third-order valence-electron chi connectivity index (χ3n) is 5.27. The lowest BCUT2D eigenvalue weighted by Crippen LogP contribution is -2.51. The molecule has 31 heavy (non-hydrogen) atoms. The van der Waals surface area contributed by atoms with Crippen LogP contribution >= 0.6 is 0 Å². The molecule has 1 N–H and O–H groups in total. The molecule has 1 fully saturated rings. The van der Waals surface area contributed by atoms with Crippen LogP contribution in [0.25, 0.3) is 5.69 Å². The number of carbonyl (C=O) groups excluding carboxylic acids is 2. The summed E-state index contributed by atoms with van der Waals surface area (Å²) in [6, 6.07) is 17.7. The molecular formula is C23H24FN5O2. The molecule has 3 aromatic rings. The number of benzene rings is 2. The number of hydrogen-bond donors (Lipinski definition) is 1. The summed E-state index contributed by atoms with van der Waals surface area (Å²) in [5.74, 6) is -0.626. The van der Waals surface area contributed by atoms with Gasteiger partial charge in [0.15, 0.2) is 5.69 Å². The highest BCUT2D eigenvalue weighted by molar-refractivity contribution is 5.92. The van der Waals surface area contributed by atoms with Gasteiger partial charge in [-0.3, -0.25) is 14.5 Å². The molecule has 2 amide bonds. The number of aromatic nitrogens is 2. The number of hydrogen-bond acceptors (Lipinski definition) is 4. The number of amides is 2. The van der Waals surface area contributed by atoms with Gasteiger partial charge in [-0.2, -0.15) is 5.10 Å². The van der Waals surface area contributed by atoms with Gasteiger partial charge in [-0.15, -0.1) is 0 Å². The highest BCUT2D eigenvalue weighted by Crippen LogP contribution is 2.14. The van der Waals surface area contributed by atoms with Gasteiger partial charge in [0.2, 0.25) is 5.91 Å². The van der Waals surface area contributed by atoms with Crippen molar-refractivity contribution in [2.45, 2.75) is 6.54 Å². The van der Waals surface area contributed by atoms with Crippen molar-refractivity contribution in [3.63, 3.8) is 0 Å². The Morgan fingerprint density at radius 3 is 2.39 bits per heavy atom. The molecule has 0 bridgehead atoms. The Morgan fingerprint density at radius 1 is 0.935 bits per heavy atom. The Hall–Kier alpha value is -3.52. The molecule has 2 aromatic carbocycles. The van der Waals surface area contributed by atoms with E-state index in [4.69, 9.17) is 0 Å². The molecule has 160 valence electrons. The van der Waals surface area contributed by atoms with E-state index in [1.165, 1.54) is 10.7 Å². The summed E-state index contributed by atoms with van der Waals surface area (Å²) in [5.41, 5.74) is 1.63. The van der Waals surface area contributed by atoms with Crippen LogP contribution in [0.1, 0.15) is 16.1 Å². The SMILES string of the molecule is O=C(CN1CCN(C(=O)c2ccn(-c3ccccc3F)n2)CC1)NCc1ccccc1. The first-order chi connectivity index (χ1) is 15.1. The first-order valence-corrected chi connectivity index (χ1v) is 10.2. The van der Waals surface area contributed by atoms with E-state index in [9.17, 15) is 14.0 Å². The average molecular weight is 421 g/mol. The molecule has 0 spiro atoms. The fourth-order valence-electron chi connectivity index (χ4n) is 3.54. The maximum absolute atomic E-state index is 13.9. The molecule has 1 aromatic heterocycles. The Morgan fingerprint density at radius 2 is 1.65 bits per heavy atom. The zero-order valence-corrected chi connectivity index (χ0v) is 17.1. The van der Waals surface area contributed by atoms with E-state index in [2.05, 4.69) is 10.4 Å². The predicted molar refractivity (Wildman–Crippen MR) is 114 cm³/mol. The number of para-hydroxylation sites is 1. The van der Waals surface area contributed by atoms with Crippen LogP contribution in [0, 0.1) is 5.82 Å². The fourth-order valence-corrected chi connectivity index (χ4v) is 3.54. The van der Waals surface area contributed by atoms with Crippen LogP contribution in [0.4, 0.5) is 4.39 Å². The molecule has 7 nitrogen and oxygen atoms in total. The summed E-state index contributed by atoms with van der Waals surface area (Å²) in [7, 11) is 0. The third-order valence-corrected chi connectivity index (χ3v) is 5.27. The normalized spacial score (nSPS) is 14.4. The highest BCUT2D eigenvalue weighted by Gasteiger charge is 2.25. The van der Waals surface area contributed by atoms with E-state index in [-0.39, 0.29) is 17.5 Å². The van der Waals surface area contributed by atoms with Crippen molar-refractivity contribution in [1.82, 2.24) is 24.9 Å². The number of nitrogens with one attached hydrogen (secondary N) is 1. The van der Waals surface area contributed by atoms with Crippen LogP contribution in [-0.2, 0) is 11.3 Å². The standard InChI is InChI=1S/C23H24FN5O2/c24-19-8-4-5-9-21(19)29-11-10-20(26-29)23(31)28-14-12-27(13-15-28)17-22(30)25-16-18-6-2-1-3-7-18/h1-11H,12-17H2,(H,25,30). The van der Waals surface area contributed by atoms with Crippen molar-refractivity contribution in [2.24, 2.45) is 0 Å². The zero-order valence-electron chi connectivity index (χ0n) is 17.1. The Balaban J connectivity index is 1.26. The Kier molecular flexibility index (Phi) is 6.37. The third kappa shape index (κ3) is 5.16. The van der Waals surface area contributed by atoms with E-state index < -0.39 is 5.82 Å². The van der Waals surface area contributed by atoms with E-state index in [1.54, 1.807) is 35.4 Å². The van der Waals surface area contributed by atoms with Crippen molar-refractivity contribution in [2.75, 3.05) is 32.7 Å². The van der Waals surface area contributed by atoms with Gasteiger partial charge < -0.3 is 10.2 Å². The van der Waals surface area contributed by atoms with Crippen molar-refractivity contribution in [1.29, 1.82) is 0 Å². The van der Waals surface area contributed by atoms with E-state index in [1.807, 2.05) is 35.2 Å². The molecule has 1 saturated heterocycles. The van der Waals surface area contributed by atoms with Crippen molar-refractivity contribution < 1.29 is 14.0 Å². The molecular weight excluding hydrogens is 397 g/mol. The second kappa shape index (κ2) is 9.53. The minimum Gasteiger partial charge on any atom is -0.351 e. The lowest BCUT2D eigenvalue weighted by Gasteiger charge is -2.33. The van der Waals surface area contributed by atoms with Crippen molar-refractivity contribution in [3.8, 4) is 5.69 Å². The van der Waals surface area contributed by atoms with Gasteiger partial charge in [-0.05, 0) is 23.8 Å². The molecule has 0 radical (unpaired) electrons. The van der Waals surface area contributed by atoms with Gasteiger partial charge in [0.05, 0.1) is 6.54 Å². The first kappa shape index (κ1) is 20.7. The van der Waals surface area contributed by atoms with Gasteiger partial charge in [-0.25, -0.2) is 9.07 Å². The second-order valence-corrected chi connectivity index (χ2v) is 7.43. The average Bonchev–Trinajstić information content (AvgIpc) is 3.29. The maximum atomic E-state index is 13.9. The smallest absolute Gasteiger partial charge is 0.274 e. The molecule has 1 aliphatic heterocycles. The lowest BCUT2D eigenvalue weighted by molar-refractivity contribution is -0.122. The second-order valence-electron chi connectivity index (χ2n) is 7.43. The Labute approximate surface area is 180 Å². The van der Waals surface area contributed by atoms with Crippen LogP contribution in [0.3, 0.4) is 0 Å². The quantitative estimate of drug-likeness (QED) is 0.662. The summed E-state index contributed by atoms with van der Waals surface area (Å²) in [6.45, 7) is 3.05. The number of nitrogens with zero attached hydrogens (tertiary/aromatic N) is 4. The molecule has 0 atom stereocenters. The van der Waals surface area contributed by atoms with E-state index in [0.29, 0.717) is 45.0 Å². The molecule has 0 saturated carbocycles. The number of carbonyl (C=O) groups is 2. The topological polar surface area (TPSA) is 70.5 Å². The minimum absolute atomic E-state index is 0.0349. The Bertz CT molecular complexity index is 1040. The first-order valence-electron chi connectivity index (χ1n) is 10.2. The van der Waals surface area contributed by atoms with Crippen molar-refractivity contribution >= 4 is 11.8 Å². The maximum Gasteiger partial charge on any atom is 0.274 e. The molecule has 1 aliphatic rings. The van der Waals surface area contributed by atoms with Crippen LogP contribution in [0.5, 0.6) is 0 Å². The number of piperazine rings is 1. The van der Waals surface area contributed by atoms with Gasteiger partial charge in [-0.1, -0.05) is 42.5 Å². The number of rotatable bonds is 6. The summed E-state index contributed by atoms with van der Waals surface area (Å²) in [5, 5.41) is 7.17. The zero-order chi connectivity index (χ0) is 21.6. The predicted octanol–water partition coefficient (Wildman–Crippen LogP) is 2.09. The highest BCUT2D eigenvalue weighted by atomic mass is 19.1. The minimum atomic E-state index is -0.399. The van der Waals surface area contributed by atoms with Gasteiger partial charge in [0.1, 0.15) is 11.5 Å². The molecule has 0 unspecified atom stereocenters. The largest absolute Gasteiger partial charge is 0.351 e. The van der Waals surface area contributed by atoms with Crippen LogP contribution in [0.15, 0.2) is 66.9 Å². The molecule has 4 rings (SSSR count). The van der Waals surface area contributed by atoms with Crippen molar-refractivity contribution in [3.05, 3.63) is 83.9 Å². The van der Waals surface area contributed by atoms with Crippen LogP contribution in [-0.4, -0.2) is 64.1 Å². The lowest BCUT2D eigenvalue weighted by atomic mass is 10.2. The van der Waals surface area contributed by atoms with E-state index >= 15 is 0 Å². The fraction of sp³-hybridized carbons (Fsp3) is 0.261. The summed E-state index contributed by atoms with van der Waals surface area (Å²) < 4.78 is 15.3. The molecule has 0 aliphatic carbocycles. The summed E-state index contributed by atoms with van der Waals surface area (Å²) >= 11 is 0.